The Bertz CT molecular complexity index is 674. The molecule has 24 heavy (non-hydrogen) atoms. The molecule has 0 aliphatic rings. The number of nitrogens with one attached hydrogen (secondary N) is 2. The molecule has 0 saturated carbocycles. The summed E-state index contributed by atoms with van der Waals surface area (Å²) in [7, 11) is 1.58. The Morgan fingerprint density at radius 2 is 1.88 bits per heavy atom. The fraction of sp³-hybridized carbons (Fsp3) is 0.278. The zero-order valence-electron chi connectivity index (χ0n) is 13.5. The maximum Gasteiger partial charge on any atom is 0.319 e. The highest BCUT2D eigenvalue weighted by molar-refractivity contribution is 6.31. The molecule has 0 bridgehead atoms. The number of amides is 2. The van der Waals surface area contributed by atoms with Gasteiger partial charge in [-0.3, -0.25) is 0 Å². The van der Waals surface area contributed by atoms with Crippen molar-refractivity contribution in [2.75, 3.05) is 19.0 Å². The van der Waals surface area contributed by atoms with Crippen molar-refractivity contribution in [1.29, 1.82) is 0 Å². The van der Waals surface area contributed by atoms with Crippen molar-refractivity contribution < 1.29 is 14.6 Å². The first-order valence-corrected chi connectivity index (χ1v) is 8.01. The highest BCUT2D eigenvalue weighted by atomic mass is 35.5. The molecule has 3 N–H and O–H groups in total. The molecule has 2 rings (SSSR count). The van der Waals surface area contributed by atoms with E-state index >= 15 is 0 Å². The van der Waals surface area contributed by atoms with Crippen LogP contribution in [0.4, 0.5) is 10.5 Å². The molecule has 6 heteroatoms. The number of hydrogen-bond acceptors (Lipinski definition) is 3. The van der Waals surface area contributed by atoms with Crippen LogP contribution in [0.2, 0.25) is 5.02 Å². The Labute approximate surface area is 146 Å². The molecule has 128 valence electrons. The summed E-state index contributed by atoms with van der Waals surface area (Å²) < 4.78 is 5.11. The number of aliphatic hydroxyl groups excluding tert-OH is 1. The third-order valence-corrected chi connectivity index (χ3v) is 3.91. The molecule has 0 saturated heterocycles. The lowest BCUT2D eigenvalue weighted by atomic mass is 10.1. The zero-order valence-corrected chi connectivity index (χ0v) is 14.3. The van der Waals surface area contributed by atoms with E-state index < -0.39 is 0 Å². The van der Waals surface area contributed by atoms with Gasteiger partial charge in [0.1, 0.15) is 0 Å². The summed E-state index contributed by atoms with van der Waals surface area (Å²) in [6, 6.07) is 12.7. The summed E-state index contributed by atoms with van der Waals surface area (Å²) in [5.74, 6) is 0. The zero-order chi connectivity index (χ0) is 17.4. The molecule has 0 fully saturated rings. The largest absolute Gasteiger partial charge is 0.392 e. The molecule has 2 aromatic rings. The maximum atomic E-state index is 12.0. The fourth-order valence-corrected chi connectivity index (χ4v) is 2.49. The second-order valence-electron chi connectivity index (χ2n) is 5.30. The minimum Gasteiger partial charge on any atom is -0.392 e. The van der Waals surface area contributed by atoms with Gasteiger partial charge in [-0.1, -0.05) is 41.9 Å². The van der Waals surface area contributed by atoms with E-state index in [1.165, 1.54) is 0 Å². The van der Waals surface area contributed by atoms with E-state index in [0.29, 0.717) is 30.3 Å². The molecule has 0 aliphatic carbocycles. The van der Waals surface area contributed by atoms with Gasteiger partial charge < -0.3 is 20.5 Å². The number of rotatable bonds is 7. The molecule has 0 heterocycles. The summed E-state index contributed by atoms with van der Waals surface area (Å²) in [4.78, 5) is 12.0. The SMILES string of the molecule is COCc1c(Cl)cccc1NC(=O)NCCc1ccc(CO)cc1. The van der Waals surface area contributed by atoms with Crippen LogP contribution in [0, 0.1) is 0 Å². The van der Waals surface area contributed by atoms with Crippen molar-refractivity contribution in [3.05, 3.63) is 64.2 Å². The molecule has 5 nitrogen and oxygen atoms in total. The van der Waals surface area contributed by atoms with Crippen molar-refractivity contribution in [2.45, 2.75) is 19.6 Å². The van der Waals surface area contributed by atoms with Crippen LogP contribution in [0.25, 0.3) is 0 Å². The van der Waals surface area contributed by atoms with Crippen LogP contribution in [0.5, 0.6) is 0 Å². The lowest BCUT2D eigenvalue weighted by Crippen LogP contribution is -2.30. The summed E-state index contributed by atoms with van der Waals surface area (Å²) in [5, 5.41) is 15.2. The van der Waals surface area contributed by atoms with E-state index in [1.807, 2.05) is 24.3 Å². The van der Waals surface area contributed by atoms with Crippen LogP contribution in [0.3, 0.4) is 0 Å². The van der Waals surface area contributed by atoms with Gasteiger partial charge in [-0.25, -0.2) is 4.79 Å². The Balaban J connectivity index is 1.86. The molecule has 2 amide bonds. The van der Waals surface area contributed by atoms with Crippen molar-refractivity contribution >= 4 is 23.3 Å². The number of urea groups is 1. The fourth-order valence-electron chi connectivity index (χ4n) is 2.27. The molecule has 0 aliphatic heterocycles. The topological polar surface area (TPSA) is 70.6 Å². The highest BCUT2D eigenvalue weighted by Crippen LogP contribution is 2.25. The van der Waals surface area contributed by atoms with Gasteiger partial charge in [0.05, 0.1) is 13.2 Å². The van der Waals surface area contributed by atoms with Gasteiger partial charge in [-0.05, 0) is 29.7 Å². The van der Waals surface area contributed by atoms with Crippen LogP contribution < -0.4 is 10.6 Å². The average Bonchev–Trinajstić information content (AvgIpc) is 2.58. The molecule has 0 radical (unpaired) electrons. The number of carbonyl (C=O) groups is 1. The Morgan fingerprint density at radius 1 is 1.17 bits per heavy atom. The average molecular weight is 349 g/mol. The van der Waals surface area contributed by atoms with Gasteiger partial charge in [-0.2, -0.15) is 0 Å². The van der Waals surface area contributed by atoms with Gasteiger partial charge in [0.25, 0.3) is 0 Å². The van der Waals surface area contributed by atoms with E-state index in [2.05, 4.69) is 10.6 Å². The van der Waals surface area contributed by atoms with Crippen molar-refractivity contribution in [3.63, 3.8) is 0 Å². The first kappa shape index (κ1) is 18.3. The maximum absolute atomic E-state index is 12.0. The Kier molecular flexibility index (Phi) is 7.06. The van der Waals surface area contributed by atoms with E-state index in [4.69, 9.17) is 21.4 Å². The molecular weight excluding hydrogens is 328 g/mol. The first-order chi connectivity index (χ1) is 11.6. The monoisotopic (exact) mass is 348 g/mol. The van der Waals surface area contributed by atoms with Crippen LogP contribution >= 0.6 is 11.6 Å². The number of methoxy groups -OCH3 is 1. The van der Waals surface area contributed by atoms with Crippen LogP contribution in [-0.4, -0.2) is 24.8 Å². The minimum atomic E-state index is -0.290. The number of hydrogen-bond donors (Lipinski definition) is 3. The second-order valence-corrected chi connectivity index (χ2v) is 5.71. The predicted molar refractivity (Wildman–Crippen MR) is 95.3 cm³/mol. The minimum absolute atomic E-state index is 0.0321. The van der Waals surface area contributed by atoms with Gasteiger partial charge in [0.2, 0.25) is 0 Å². The third kappa shape index (κ3) is 5.23. The van der Waals surface area contributed by atoms with Crippen molar-refractivity contribution in [1.82, 2.24) is 5.32 Å². The van der Waals surface area contributed by atoms with E-state index in [0.717, 1.165) is 16.7 Å². The van der Waals surface area contributed by atoms with Crippen LogP contribution in [-0.2, 0) is 24.4 Å². The Hall–Kier alpha value is -2.08. The lowest BCUT2D eigenvalue weighted by Gasteiger charge is -2.13. The highest BCUT2D eigenvalue weighted by Gasteiger charge is 2.09. The summed E-state index contributed by atoms with van der Waals surface area (Å²) >= 11 is 6.13. The molecule has 0 atom stereocenters. The summed E-state index contributed by atoms with van der Waals surface area (Å²) in [6.45, 7) is 0.862. The smallest absolute Gasteiger partial charge is 0.319 e. The van der Waals surface area contributed by atoms with E-state index in [1.54, 1.807) is 25.3 Å². The van der Waals surface area contributed by atoms with E-state index in [-0.39, 0.29) is 12.6 Å². The molecule has 0 unspecified atom stereocenters. The quantitative estimate of drug-likeness (QED) is 0.718. The number of aliphatic hydroxyl groups is 1. The van der Waals surface area contributed by atoms with Gasteiger partial charge in [0, 0.05) is 29.9 Å². The lowest BCUT2D eigenvalue weighted by molar-refractivity contribution is 0.185. The van der Waals surface area contributed by atoms with Gasteiger partial charge in [-0.15, -0.1) is 0 Å². The van der Waals surface area contributed by atoms with Gasteiger partial charge >= 0.3 is 6.03 Å². The standard InChI is InChI=1S/C18H21ClN2O3/c1-24-12-15-16(19)3-2-4-17(15)21-18(23)20-10-9-13-5-7-14(11-22)8-6-13/h2-8,22H,9-12H2,1H3,(H2,20,21,23). The molecular formula is C18H21ClN2O3. The number of carbonyl (C=O) groups excluding carboxylic acids is 1. The first-order valence-electron chi connectivity index (χ1n) is 7.64. The van der Waals surface area contributed by atoms with Gasteiger partial charge in [0.15, 0.2) is 0 Å². The molecule has 0 aromatic heterocycles. The second kappa shape index (κ2) is 9.27. The van der Waals surface area contributed by atoms with Crippen molar-refractivity contribution in [2.24, 2.45) is 0 Å². The summed E-state index contributed by atoms with van der Waals surface area (Å²) in [5.41, 5.74) is 3.34. The molecule has 0 spiro atoms. The van der Waals surface area contributed by atoms with Crippen LogP contribution in [0.15, 0.2) is 42.5 Å². The number of ether oxygens (including phenoxy) is 1. The number of benzene rings is 2. The number of halogens is 1. The molecule has 2 aromatic carbocycles. The number of anilines is 1. The van der Waals surface area contributed by atoms with Crippen LogP contribution in [0.1, 0.15) is 16.7 Å². The third-order valence-electron chi connectivity index (χ3n) is 3.56. The van der Waals surface area contributed by atoms with E-state index in [9.17, 15) is 4.79 Å². The normalized spacial score (nSPS) is 10.5. The predicted octanol–water partition coefficient (Wildman–Crippen LogP) is 3.34. The Morgan fingerprint density at radius 3 is 2.54 bits per heavy atom. The summed E-state index contributed by atoms with van der Waals surface area (Å²) in [6.07, 6.45) is 0.708. The van der Waals surface area contributed by atoms with Crippen molar-refractivity contribution in [3.8, 4) is 0 Å².